The van der Waals surface area contributed by atoms with Crippen LogP contribution in [-0.4, -0.2) is 19.5 Å². The fourth-order valence-corrected chi connectivity index (χ4v) is 4.87. The molecule has 5 nitrogen and oxygen atoms in total. The van der Waals surface area contributed by atoms with Crippen molar-refractivity contribution in [2.45, 2.75) is 25.3 Å². The van der Waals surface area contributed by atoms with Gasteiger partial charge in [0.25, 0.3) is 0 Å². The van der Waals surface area contributed by atoms with E-state index in [2.05, 4.69) is 4.72 Å². The van der Waals surface area contributed by atoms with Gasteiger partial charge in [0.1, 0.15) is 0 Å². The zero-order valence-electron chi connectivity index (χ0n) is 14.4. The van der Waals surface area contributed by atoms with E-state index in [0.717, 1.165) is 22.4 Å². The van der Waals surface area contributed by atoms with Gasteiger partial charge in [-0.2, -0.15) is 0 Å². The van der Waals surface area contributed by atoms with Crippen LogP contribution in [0.5, 0.6) is 0 Å². The molecule has 0 atom stereocenters. The van der Waals surface area contributed by atoms with E-state index in [1.807, 2.05) is 26.0 Å². The third kappa shape index (κ3) is 4.17. The van der Waals surface area contributed by atoms with Gasteiger partial charge in [0, 0.05) is 11.6 Å². The van der Waals surface area contributed by atoms with Gasteiger partial charge in [-0.3, -0.25) is 9.36 Å². The molecule has 2 aromatic carbocycles. The van der Waals surface area contributed by atoms with Gasteiger partial charge < -0.3 is 0 Å². The summed E-state index contributed by atoms with van der Waals surface area (Å²) in [6.45, 7) is 4.66. The molecule has 0 bridgehead atoms. The molecule has 8 heteroatoms. The molecule has 0 spiro atoms. The Morgan fingerprint density at radius 3 is 2.50 bits per heavy atom. The second-order valence-electron chi connectivity index (χ2n) is 6.46. The summed E-state index contributed by atoms with van der Waals surface area (Å²) in [7, 11) is -3.58. The van der Waals surface area contributed by atoms with Crippen LogP contribution in [0, 0.1) is 5.92 Å². The molecule has 1 N–H and O–H groups in total. The van der Waals surface area contributed by atoms with Crippen LogP contribution < -0.4 is 9.60 Å². The normalized spacial score (nSPS) is 12.2. The first kappa shape index (κ1) is 19.1. The number of hydrogen-bond donors (Lipinski definition) is 1. The third-order valence-electron chi connectivity index (χ3n) is 3.89. The number of thiazole rings is 1. The Kier molecular flexibility index (Phi) is 5.53. The predicted molar refractivity (Wildman–Crippen MR) is 107 cm³/mol. The first-order chi connectivity index (χ1) is 12.3. The van der Waals surface area contributed by atoms with Crippen LogP contribution in [0.25, 0.3) is 10.2 Å². The van der Waals surface area contributed by atoms with Gasteiger partial charge in [0.15, 0.2) is 0 Å². The van der Waals surface area contributed by atoms with Crippen molar-refractivity contribution in [3.8, 4) is 0 Å². The SMILES string of the molecule is CC(C)CNS(=O)(=O)c1ccc2c(c1)sc(=O)n2Cc1ccc(Cl)cc1. The maximum Gasteiger partial charge on any atom is 0.308 e. The minimum atomic E-state index is -3.58. The van der Waals surface area contributed by atoms with Gasteiger partial charge >= 0.3 is 4.87 Å². The Labute approximate surface area is 161 Å². The zero-order chi connectivity index (χ0) is 18.9. The lowest BCUT2D eigenvalue weighted by Gasteiger charge is -2.09. The highest BCUT2D eigenvalue weighted by Crippen LogP contribution is 2.23. The summed E-state index contributed by atoms with van der Waals surface area (Å²) < 4.78 is 29.7. The molecule has 26 heavy (non-hydrogen) atoms. The molecule has 0 fully saturated rings. The van der Waals surface area contributed by atoms with Gasteiger partial charge in [0.2, 0.25) is 10.0 Å². The smallest absolute Gasteiger partial charge is 0.294 e. The molecule has 3 aromatic rings. The van der Waals surface area contributed by atoms with Crippen LogP contribution in [-0.2, 0) is 16.6 Å². The molecule has 1 aromatic heterocycles. The van der Waals surface area contributed by atoms with Crippen molar-refractivity contribution >= 4 is 43.2 Å². The monoisotopic (exact) mass is 410 g/mol. The average molecular weight is 411 g/mol. The topological polar surface area (TPSA) is 68.2 Å². The molecule has 0 saturated carbocycles. The third-order valence-corrected chi connectivity index (χ3v) is 6.50. The second kappa shape index (κ2) is 7.52. The summed E-state index contributed by atoms with van der Waals surface area (Å²) in [6, 6.07) is 12.1. The lowest BCUT2D eigenvalue weighted by Crippen LogP contribution is -2.27. The van der Waals surface area contributed by atoms with Crippen molar-refractivity contribution in [1.82, 2.24) is 9.29 Å². The fourth-order valence-electron chi connectivity index (χ4n) is 2.50. The van der Waals surface area contributed by atoms with E-state index in [9.17, 15) is 13.2 Å². The Morgan fingerprint density at radius 1 is 1.15 bits per heavy atom. The number of nitrogens with one attached hydrogen (secondary N) is 1. The Balaban J connectivity index is 1.95. The minimum Gasteiger partial charge on any atom is -0.294 e. The van der Waals surface area contributed by atoms with Crippen molar-refractivity contribution in [3.05, 3.63) is 62.7 Å². The van der Waals surface area contributed by atoms with Gasteiger partial charge in [0.05, 0.1) is 21.7 Å². The largest absolute Gasteiger partial charge is 0.308 e. The van der Waals surface area contributed by atoms with Crippen LogP contribution >= 0.6 is 22.9 Å². The summed E-state index contributed by atoms with van der Waals surface area (Å²) in [4.78, 5) is 12.4. The number of aromatic nitrogens is 1. The first-order valence-corrected chi connectivity index (χ1v) is 10.8. The zero-order valence-corrected chi connectivity index (χ0v) is 16.8. The molecule has 0 radical (unpaired) electrons. The quantitative estimate of drug-likeness (QED) is 0.673. The van der Waals surface area contributed by atoms with E-state index in [1.165, 1.54) is 6.07 Å². The molecule has 0 saturated heterocycles. The molecule has 0 aliphatic heterocycles. The summed E-state index contributed by atoms with van der Waals surface area (Å²) in [5, 5.41) is 0.639. The number of fused-ring (bicyclic) bond motifs is 1. The molecule has 3 rings (SSSR count). The summed E-state index contributed by atoms with van der Waals surface area (Å²) >= 11 is 6.94. The van der Waals surface area contributed by atoms with E-state index in [0.29, 0.717) is 22.8 Å². The lowest BCUT2D eigenvalue weighted by atomic mass is 10.2. The van der Waals surface area contributed by atoms with E-state index in [1.54, 1.807) is 28.8 Å². The molecule has 1 heterocycles. The molecular weight excluding hydrogens is 392 g/mol. The van der Waals surface area contributed by atoms with Crippen LogP contribution in [0.3, 0.4) is 0 Å². The van der Waals surface area contributed by atoms with Crippen LogP contribution in [0.1, 0.15) is 19.4 Å². The maximum absolute atomic E-state index is 12.4. The van der Waals surface area contributed by atoms with Crippen molar-refractivity contribution in [3.63, 3.8) is 0 Å². The number of hydrogen-bond acceptors (Lipinski definition) is 4. The Morgan fingerprint density at radius 2 is 1.85 bits per heavy atom. The Hall–Kier alpha value is -1.67. The van der Waals surface area contributed by atoms with Crippen molar-refractivity contribution in [1.29, 1.82) is 0 Å². The summed E-state index contributed by atoms with van der Waals surface area (Å²) in [6.07, 6.45) is 0. The molecule has 0 aliphatic carbocycles. The second-order valence-corrected chi connectivity index (χ2v) is 9.65. The average Bonchev–Trinajstić information content (AvgIpc) is 2.90. The lowest BCUT2D eigenvalue weighted by molar-refractivity contribution is 0.560. The highest BCUT2D eigenvalue weighted by Gasteiger charge is 2.17. The maximum atomic E-state index is 12.4. The van der Waals surface area contributed by atoms with Crippen LogP contribution in [0.15, 0.2) is 52.2 Å². The number of nitrogens with zero attached hydrogens (tertiary/aromatic N) is 1. The molecule has 138 valence electrons. The van der Waals surface area contributed by atoms with Gasteiger partial charge in [-0.05, 0) is 41.8 Å². The number of sulfonamides is 1. The van der Waals surface area contributed by atoms with Crippen molar-refractivity contribution in [2.24, 2.45) is 5.92 Å². The molecule has 0 unspecified atom stereocenters. The summed E-state index contributed by atoms with van der Waals surface area (Å²) in [5.74, 6) is 0.213. The van der Waals surface area contributed by atoms with Crippen LogP contribution in [0.4, 0.5) is 0 Å². The van der Waals surface area contributed by atoms with Gasteiger partial charge in [-0.25, -0.2) is 13.1 Å². The highest BCUT2D eigenvalue weighted by molar-refractivity contribution is 7.89. The first-order valence-electron chi connectivity index (χ1n) is 8.14. The van der Waals surface area contributed by atoms with Crippen molar-refractivity contribution in [2.75, 3.05) is 6.54 Å². The van der Waals surface area contributed by atoms with Crippen molar-refractivity contribution < 1.29 is 8.42 Å². The van der Waals surface area contributed by atoms with E-state index >= 15 is 0 Å². The molecular formula is C18H19ClN2O3S2. The number of halogens is 1. The van der Waals surface area contributed by atoms with E-state index in [-0.39, 0.29) is 15.7 Å². The Bertz CT molecular complexity index is 1080. The van der Waals surface area contributed by atoms with Gasteiger partial charge in [-0.15, -0.1) is 0 Å². The molecule has 0 amide bonds. The summed E-state index contributed by atoms with van der Waals surface area (Å²) in [5.41, 5.74) is 1.67. The fraction of sp³-hybridized carbons (Fsp3) is 0.278. The predicted octanol–water partition coefficient (Wildman–Crippen LogP) is 3.70. The standard InChI is InChI=1S/C18H19ClN2O3S2/c1-12(2)10-20-26(23,24)15-7-8-16-17(9-15)25-18(22)21(16)11-13-3-5-14(19)6-4-13/h3-9,12,20H,10-11H2,1-2H3. The minimum absolute atomic E-state index is 0.125. The van der Waals surface area contributed by atoms with Gasteiger partial charge in [-0.1, -0.05) is 48.9 Å². The number of rotatable bonds is 6. The van der Waals surface area contributed by atoms with Crippen LogP contribution in [0.2, 0.25) is 5.02 Å². The van der Waals surface area contributed by atoms with E-state index < -0.39 is 10.0 Å². The van der Waals surface area contributed by atoms with E-state index in [4.69, 9.17) is 11.6 Å². The highest BCUT2D eigenvalue weighted by atomic mass is 35.5. The number of benzene rings is 2. The molecule has 0 aliphatic rings.